The van der Waals surface area contributed by atoms with Crippen LogP contribution < -0.4 is 0 Å². The first-order valence-electron chi connectivity index (χ1n) is 9.86. The monoisotopic (exact) mass is 472 g/mol. The Kier molecular flexibility index (Phi) is 6.62. The second-order valence-corrected chi connectivity index (χ2v) is 9.82. The van der Waals surface area contributed by atoms with Crippen LogP contribution in [0.15, 0.2) is 23.1 Å². The lowest BCUT2D eigenvalue weighted by Crippen LogP contribution is -2.50. The Bertz CT molecular complexity index is 883. The fourth-order valence-corrected chi connectivity index (χ4v) is 5.49. The van der Waals surface area contributed by atoms with E-state index in [1.54, 1.807) is 0 Å². The summed E-state index contributed by atoms with van der Waals surface area (Å²) in [6, 6.07) is 0.309. The number of carbonyl (C=O) groups is 1. The Morgan fingerprint density at radius 3 is 1.81 bits per heavy atom. The van der Waals surface area contributed by atoms with E-state index in [0.29, 0.717) is 12.3 Å². The zero-order valence-electron chi connectivity index (χ0n) is 16.5. The van der Waals surface area contributed by atoms with Gasteiger partial charge in [0, 0.05) is 32.6 Å². The molecular weight excluding hydrogens is 450 g/mol. The molecule has 0 atom stereocenters. The molecule has 1 amide bonds. The summed E-state index contributed by atoms with van der Waals surface area (Å²) in [5, 5.41) is 0. The molecule has 1 saturated carbocycles. The van der Waals surface area contributed by atoms with Crippen LogP contribution in [0.3, 0.4) is 0 Å². The Labute approximate surface area is 176 Å². The molecule has 2 fully saturated rings. The number of piperazine rings is 1. The maximum absolute atomic E-state index is 13.1. The van der Waals surface area contributed by atoms with Crippen molar-refractivity contribution in [1.29, 1.82) is 0 Å². The molecule has 1 aromatic rings. The van der Waals surface area contributed by atoms with Gasteiger partial charge in [0.25, 0.3) is 0 Å². The molecule has 3 rings (SSSR count). The fraction of sp³-hybridized carbons (Fsp3) is 0.632. The molecule has 0 spiro atoms. The summed E-state index contributed by atoms with van der Waals surface area (Å²) in [6.45, 7) is -0.321. The second-order valence-electron chi connectivity index (χ2n) is 7.88. The van der Waals surface area contributed by atoms with Crippen LogP contribution in [0, 0.1) is 5.92 Å². The summed E-state index contributed by atoms with van der Waals surface area (Å²) in [4.78, 5) is 12.8. The van der Waals surface area contributed by atoms with E-state index in [4.69, 9.17) is 0 Å². The minimum Gasteiger partial charge on any atom is -0.340 e. The molecule has 1 aliphatic heterocycles. The quantitative estimate of drug-likeness (QED) is 0.619. The Balaban J connectivity index is 1.77. The average Bonchev–Trinajstić information content (AvgIpc) is 3.19. The molecule has 0 unspecified atom stereocenters. The minimum atomic E-state index is -5.14. The van der Waals surface area contributed by atoms with Crippen molar-refractivity contribution in [2.75, 3.05) is 26.2 Å². The van der Waals surface area contributed by atoms with E-state index in [0.717, 1.165) is 30.0 Å². The van der Waals surface area contributed by atoms with Gasteiger partial charge in [0.2, 0.25) is 15.9 Å². The second kappa shape index (κ2) is 8.61. The molecule has 0 radical (unpaired) electrons. The Hall–Kier alpha value is -1.82. The van der Waals surface area contributed by atoms with Crippen LogP contribution in [-0.2, 0) is 27.2 Å². The first-order chi connectivity index (χ1) is 14.3. The van der Waals surface area contributed by atoms with E-state index < -0.39 is 38.4 Å². The predicted octanol–water partition coefficient (Wildman–Crippen LogP) is 4.14. The van der Waals surface area contributed by atoms with Crippen LogP contribution >= 0.6 is 0 Å². The van der Waals surface area contributed by atoms with Crippen LogP contribution in [0.5, 0.6) is 0 Å². The normalized spacial score (nSPS) is 19.7. The van der Waals surface area contributed by atoms with Crippen LogP contribution in [0.2, 0.25) is 0 Å². The van der Waals surface area contributed by atoms with Crippen molar-refractivity contribution >= 4 is 15.9 Å². The molecule has 31 heavy (non-hydrogen) atoms. The molecule has 1 saturated heterocycles. The zero-order valence-corrected chi connectivity index (χ0v) is 17.3. The van der Waals surface area contributed by atoms with Crippen LogP contribution in [0.1, 0.15) is 43.2 Å². The number of nitrogens with zero attached hydrogens (tertiary/aromatic N) is 2. The van der Waals surface area contributed by atoms with Gasteiger partial charge >= 0.3 is 12.4 Å². The summed E-state index contributed by atoms with van der Waals surface area (Å²) >= 11 is 0. The Morgan fingerprint density at radius 1 is 0.871 bits per heavy atom. The highest BCUT2D eigenvalue weighted by atomic mass is 32.2. The van der Waals surface area contributed by atoms with Gasteiger partial charge in [-0.1, -0.05) is 12.8 Å². The maximum Gasteiger partial charge on any atom is 0.416 e. The third kappa shape index (κ3) is 5.51. The molecule has 2 aliphatic rings. The average molecular weight is 472 g/mol. The third-order valence-electron chi connectivity index (χ3n) is 5.73. The van der Waals surface area contributed by atoms with Gasteiger partial charge in [-0.3, -0.25) is 4.79 Å². The van der Waals surface area contributed by atoms with E-state index in [1.165, 1.54) is 4.90 Å². The van der Waals surface area contributed by atoms with Crippen molar-refractivity contribution in [2.45, 2.75) is 49.4 Å². The van der Waals surface area contributed by atoms with Crippen molar-refractivity contribution < 1.29 is 39.6 Å². The number of alkyl halides is 6. The molecule has 1 aliphatic carbocycles. The van der Waals surface area contributed by atoms with Gasteiger partial charge in [-0.25, -0.2) is 8.42 Å². The molecule has 5 nitrogen and oxygen atoms in total. The maximum atomic E-state index is 13.1. The van der Waals surface area contributed by atoms with Gasteiger partial charge in [0.1, 0.15) is 0 Å². The molecule has 1 aromatic carbocycles. The highest BCUT2D eigenvalue weighted by molar-refractivity contribution is 7.89. The number of hydrogen-bond donors (Lipinski definition) is 0. The molecule has 174 valence electrons. The van der Waals surface area contributed by atoms with E-state index in [2.05, 4.69) is 0 Å². The SMILES string of the molecule is O=C(CC1CCCC1)N1CCN(S(=O)(=O)c2cc(C(F)(F)F)cc(C(F)(F)F)c2)CC1. The number of halogens is 6. The van der Waals surface area contributed by atoms with Crippen molar-refractivity contribution in [3.05, 3.63) is 29.3 Å². The molecule has 0 N–H and O–H groups in total. The molecule has 12 heteroatoms. The molecule has 1 heterocycles. The highest BCUT2D eigenvalue weighted by Crippen LogP contribution is 2.38. The summed E-state index contributed by atoms with van der Waals surface area (Å²) in [5.74, 6) is 0.197. The van der Waals surface area contributed by atoms with E-state index in [9.17, 15) is 39.6 Å². The third-order valence-corrected chi connectivity index (χ3v) is 7.60. The Morgan fingerprint density at radius 2 is 1.35 bits per heavy atom. The molecular formula is C19H22F6N2O3S. The van der Waals surface area contributed by atoms with Crippen molar-refractivity contribution in [3.8, 4) is 0 Å². The van der Waals surface area contributed by atoms with Gasteiger partial charge in [-0.15, -0.1) is 0 Å². The lowest BCUT2D eigenvalue weighted by molar-refractivity contribution is -0.143. The van der Waals surface area contributed by atoms with Crippen LogP contribution in [0.4, 0.5) is 26.3 Å². The molecule has 0 bridgehead atoms. The van der Waals surface area contributed by atoms with Gasteiger partial charge in [-0.2, -0.15) is 30.6 Å². The standard InChI is InChI=1S/C19H22F6N2O3S/c20-18(21,22)14-10-15(19(23,24)25)12-16(11-14)31(29,30)27-7-5-26(6-8-27)17(28)9-13-3-1-2-4-13/h10-13H,1-9H2. The highest BCUT2D eigenvalue weighted by Gasteiger charge is 2.39. The molecule has 0 aromatic heterocycles. The lowest BCUT2D eigenvalue weighted by atomic mass is 10.0. The first-order valence-corrected chi connectivity index (χ1v) is 11.3. The number of sulfonamides is 1. The summed E-state index contributed by atoms with van der Waals surface area (Å²) < 4.78 is 105. The minimum absolute atomic E-state index is 0.0376. The van der Waals surface area contributed by atoms with Crippen molar-refractivity contribution in [3.63, 3.8) is 0 Å². The van der Waals surface area contributed by atoms with Gasteiger partial charge in [0.05, 0.1) is 16.0 Å². The van der Waals surface area contributed by atoms with E-state index in [1.807, 2.05) is 0 Å². The zero-order chi connectivity index (χ0) is 23.0. The van der Waals surface area contributed by atoms with Crippen molar-refractivity contribution in [2.24, 2.45) is 5.92 Å². The topological polar surface area (TPSA) is 57.7 Å². The van der Waals surface area contributed by atoms with Gasteiger partial charge in [0.15, 0.2) is 0 Å². The number of benzene rings is 1. The smallest absolute Gasteiger partial charge is 0.340 e. The summed E-state index contributed by atoms with van der Waals surface area (Å²) in [6.07, 6.45) is -5.83. The number of hydrogen-bond acceptors (Lipinski definition) is 3. The lowest BCUT2D eigenvalue weighted by Gasteiger charge is -2.34. The van der Waals surface area contributed by atoms with Gasteiger partial charge in [-0.05, 0) is 37.0 Å². The fourth-order valence-electron chi connectivity index (χ4n) is 3.99. The van der Waals surface area contributed by atoms with E-state index >= 15 is 0 Å². The van der Waals surface area contributed by atoms with Gasteiger partial charge < -0.3 is 4.90 Å². The van der Waals surface area contributed by atoms with Crippen LogP contribution in [0.25, 0.3) is 0 Å². The number of carbonyl (C=O) groups excluding carboxylic acids is 1. The van der Waals surface area contributed by atoms with Crippen LogP contribution in [-0.4, -0.2) is 49.7 Å². The van der Waals surface area contributed by atoms with E-state index in [-0.39, 0.29) is 50.3 Å². The largest absolute Gasteiger partial charge is 0.416 e. The first kappa shape index (κ1) is 23.8. The number of rotatable bonds is 4. The summed E-state index contributed by atoms with van der Waals surface area (Å²) in [5.41, 5.74) is -3.38. The number of amides is 1. The predicted molar refractivity (Wildman–Crippen MR) is 98.4 cm³/mol. The van der Waals surface area contributed by atoms with Crippen molar-refractivity contribution in [1.82, 2.24) is 9.21 Å². The summed E-state index contributed by atoms with van der Waals surface area (Å²) in [7, 11) is -4.60.